The number of benzene rings is 2. The standard InChI is InChI=1S/C28H35N9O7/c29-28(30)31-10-4-7-21-27(43)36-18-9-8-17(16-44-19-5-2-1-3-6-19)20(11-18)26(42)35-14-24(40)33-12-22(38)32-13-23(39)34-15-25(41)37-21/h1-3,5-6,8-9,11,21H,4,7,10,12-16H2,(H,32,38)(H,33,40)(H,34,39)(H,35,42)(H,36,43)(H,37,41)(H4,29,30,31)/t21-/m0/s1. The van der Waals surface area contributed by atoms with Crippen molar-refractivity contribution in [1.29, 1.82) is 0 Å². The molecule has 16 heteroatoms. The Hall–Kier alpha value is -5.67. The molecule has 2 bridgehead atoms. The molecule has 0 radical (unpaired) electrons. The Morgan fingerprint density at radius 1 is 0.795 bits per heavy atom. The van der Waals surface area contributed by atoms with E-state index >= 15 is 0 Å². The van der Waals surface area contributed by atoms with E-state index in [1.54, 1.807) is 36.4 Å². The number of para-hydroxylation sites is 1. The lowest BCUT2D eigenvalue weighted by Gasteiger charge is -2.19. The minimum atomic E-state index is -1.05. The van der Waals surface area contributed by atoms with E-state index in [0.29, 0.717) is 17.7 Å². The number of rotatable bonds is 7. The number of fused-ring (bicyclic) bond motifs is 2. The van der Waals surface area contributed by atoms with Gasteiger partial charge >= 0.3 is 0 Å². The van der Waals surface area contributed by atoms with Gasteiger partial charge in [-0.15, -0.1) is 0 Å². The zero-order valence-corrected chi connectivity index (χ0v) is 23.8. The van der Waals surface area contributed by atoms with Crippen molar-refractivity contribution in [2.75, 3.05) is 38.0 Å². The van der Waals surface area contributed by atoms with Gasteiger partial charge in [-0.25, -0.2) is 0 Å². The van der Waals surface area contributed by atoms with Crippen molar-refractivity contribution in [3.63, 3.8) is 0 Å². The van der Waals surface area contributed by atoms with E-state index in [1.165, 1.54) is 6.07 Å². The van der Waals surface area contributed by atoms with Crippen molar-refractivity contribution >= 4 is 47.1 Å². The second-order valence-corrected chi connectivity index (χ2v) is 9.54. The third kappa shape index (κ3) is 11.3. The van der Waals surface area contributed by atoms with Crippen LogP contribution in [0.3, 0.4) is 0 Å². The molecule has 6 amide bonds. The molecule has 0 aliphatic carbocycles. The molecule has 2 aromatic carbocycles. The van der Waals surface area contributed by atoms with Crippen LogP contribution in [0.25, 0.3) is 0 Å². The second kappa shape index (κ2) is 16.7. The summed E-state index contributed by atoms with van der Waals surface area (Å²) in [4.78, 5) is 79.2. The number of carbonyl (C=O) groups is 6. The van der Waals surface area contributed by atoms with Gasteiger partial charge in [-0.1, -0.05) is 24.3 Å². The maximum absolute atomic E-state index is 13.3. The van der Waals surface area contributed by atoms with Crippen molar-refractivity contribution in [2.24, 2.45) is 16.5 Å². The SMILES string of the molecule is NC(N)=NCCC[C@@H]1NC(=O)CNC(=O)CNC(=O)CNC(=O)CNC(=O)c2cc(ccc2COc2ccccc2)NC1=O. The van der Waals surface area contributed by atoms with Crippen LogP contribution in [-0.4, -0.2) is 80.2 Å². The van der Waals surface area contributed by atoms with Crippen molar-refractivity contribution in [1.82, 2.24) is 26.6 Å². The van der Waals surface area contributed by atoms with Crippen LogP contribution in [0.4, 0.5) is 5.69 Å². The summed E-state index contributed by atoms with van der Waals surface area (Å²) in [5, 5.41) is 14.7. The Morgan fingerprint density at radius 2 is 1.41 bits per heavy atom. The van der Waals surface area contributed by atoms with Gasteiger partial charge in [-0.3, -0.25) is 33.8 Å². The fraction of sp³-hybridized carbons (Fsp3) is 0.321. The Bertz CT molecular complexity index is 1400. The van der Waals surface area contributed by atoms with E-state index in [1.807, 2.05) is 6.07 Å². The quantitative estimate of drug-likeness (QED) is 0.0965. The fourth-order valence-corrected chi connectivity index (χ4v) is 3.90. The summed E-state index contributed by atoms with van der Waals surface area (Å²) in [6, 6.07) is 12.4. The topological polar surface area (TPSA) is 248 Å². The monoisotopic (exact) mass is 609 g/mol. The molecule has 3 rings (SSSR count). The van der Waals surface area contributed by atoms with Gasteiger partial charge in [0.05, 0.1) is 26.2 Å². The van der Waals surface area contributed by atoms with Gasteiger partial charge in [0, 0.05) is 23.4 Å². The average Bonchev–Trinajstić information content (AvgIpc) is 3.01. The first-order valence-corrected chi connectivity index (χ1v) is 13.7. The van der Waals surface area contributed by atoms with E-state index in [0.717, 1.165) is 0 Å². The molecule has 1 aliphatic rings. The number of hydrogen-bond donors (Lipinski definition) is 8. The summed E-state index contributed by atoms with van der Waals surface area (Å²) in [6.07, 6.45) is 0.476. The Morgan fingerprint density at radius 3 is 2.05 bits per heavy atom. The van der Waals surface area contributed by atoms with Crippen LogP contribution < -0.4 is 48.1 Å². The fourth-order valence-electron chi connectivity index (χ4n) is 3.90. The van der Waals surface area contributed by atoms with Gasteiger partial charge in [0.15, 0.2) is 5.96 Å². The number of nitrogens with one attached hydrogen (secondary N) is 6. The van der Waals surface area contributed by atoms with E-state index in [2.05, 4.69) is 36.9 Å². The Kier molecular flexibility index (Phi) is 12.5. The number of aliphatic imine (C=N–C) groups is 1. The number of guanidine groups is 1. The number of carbonyl (C=O) groups excluding carboxylic acids is 6. The normalized spacial score (nSPS) is 17.0. The van der Waals surface area contributed by atoms with Crippen LogP contribution in [0.5, 0.6) is 5.75 Å². The molecule has 0 saturated heterocycles. The van der Waals surface area contributed by atoms with Crippen LogP contribution in [0.2, 0.25) is 0 Å². The molecule has 2 aromatic rings. The highest BCUT2D eigenvalue weighted by Crippen LogP contribution is 2.20. The smallest absolute Gasteiger partial charge is 0.252 e. The number of nitrogens with two attached hydrogens (primary N) is 2. The third-order valence-electron chi connectivity index (χ3n) is 6.10. The number of anilines is 1. The van der Waals surface area contributed by atoms with E-state index in [-0.39, 0.29) is 36.8 Å². The molecule has 0 unspecified atom stereocenters. The highest BCUT2D eigenvalue weighted by atomic mass is 16.5. The largest absolute Gasteiger partial charge is 0.489 e. The summed E-state index contributed by atoms with van der Waals surface area (Å²) in [6.45, 7) is -1.62. The summed E-state index contributed by atoms with van der Waals surface area (Å²) >= 11 is 0. The molecule has 1 atom stereocenters. The molecule has 234 valence electrons. The zero-order valence-electron chi connectivity index (χ0n) is 23.8. The molecular formula is C28H35N9O7. The number of nitrogens with zero attached hydrogens (tertiary/aromatic N) is 1. The van der Waals surface area contributed by atoms with Crippen LogP contribution in [0.15, 0.2) is 53.5 Å². The summed E-state index contributed by atoms with van der Waals surface area (Å²) in [7, 11) is 0. The molecule has 10 N–H and O–H groups in total. The van der Waals surface area contributed by atoms with Crippen molar-refractivity contribution in [2.45, 2.75) is 25.5 Å². The lowest BCUT2D eigenvalue weighted by atomic mass is 10.1. The van der Waals surface area contributed by atoms with E-state index in [4.69, 9.17) is 16.2 Å². The molecule has 0 fully saturated rings. The minimum Gasteiger partial charge on any atom is -0.489 e. The van der Waals surface area contributed by atoms with Gasteiger partial charge in [0.1, 0.15) is 18.4 Å². The number of amides is 6. The van der Waals surface area contributed by atoms with E-state index < -0.39 is 67.7 Å². The lowest BCUT2D eigenvalue weighted by molar-refractivity contribution is -0.129. The first-order chi connectivity index (χ1) is 21.1. The highest BCUT2D eigenvalue weighted by molar-refractivity contribution is 6.01. The number of hydrogen-bond acceptors (Lipinski definition) is 8. The highest BCUT2D eigenvalue weighted by Gasteiger charge is 2.22. The van der Waals surface area contributed by atoms with Crippen LogP contribution in [0, 0.1) is 0 Å². The van der Waals surface area contributed by atoms with Crippen molar-refractivity contribution < 1.29 is 33.5 Å². The van der Waals surface area contributed by atoms with Crippen molar-refractivity contribution in [3.8, 4) is 5.75 Å². The summed E-state index contributed by atoms with van der Waals surface area (Å²) in [5.41, 5.74) is 11.5. The second-order valence-electron chi connectivity index (χ2n) is 9.54. The molecule has 0 spiro atoms. The van der Waals surface area contributed by atoms with Crippen LogP contribution in [0.1, 0.15) is 28.8 Å². The summed E-state index contributed by atoms with van der Waals surface area (Å²) < 4.78 is 5.80. The molecule has 1 aliphatic heterocycles. The van der Waals surface area contributed by atoms with Gasteiger partial charge in [0.2, 0.25) is 29.5 Å². The molecule has 0 aromatic heterocycles. The van der Waals surface area contributed by atoms with Crippen LogP contribution in [-0.2, 0) is 30.6 Å². The number of ether oxygens (including phenoxy) is 1. The predicted octanol–water partition coefficient (Wildman–Crippen LogP) is -2.17. The summed E-state index contributed by atoms with van der Waals surface area (Å²) in [5.74, 6) is -3.44. The molecule has 16 nitrogen and oxygen atoms in total. The van der Waals surface area contributed by atoms with Gasteiger partial charge < -0.3 is 48.1 Å². The van der Waals surface area contributed by atoms with Crippen LogP contribution >= 0.6 is 0 Å². The molecule has 0 saturated carbocycles. The predicted molar refractivity (Wildman–Crippen MR) is 159 cm³/mol. The maximum Gasteiger partial charge on any atom is 0.252 e. The molecular weight excluding hydrogens is 574 g/mol. The zero-order chi connectivity index (χ0) is 31.9. The molecule has 44 heavy (non-hydrogen) atoms. The van der Waals surface area contributed by atoms with Crippen molar-refractivity contribution in [3.05, 3.63) is 59.7 Å². The third-order valence-corrected chi connectivity index (χ3v) is 6.10. The first-order valence-electron chi connectivity index (χ1n) is 13.7. The van der Waals surface area contributed by atoms with Gasteiger partial charge in [-0.05, 0) is 37.1 Å². The molecule has 1 heterocycles. The minimum absolute atomic E-state index is 0.00253. The van der Waals surface area contributed by atoms with Gasteiger partial charge in [0.25, 0.3) is 5.91 Å². The lowest BCUT2D eigenvalue weighted by Crippen LogP contribution is -2.49. The average molecular weight is 610 g/mol. The van der Waals surface area contributed by atoms with Gasteiger partial charge in [-0.2, -0.15) is 0 Å². The Balaban J connectivity index is 1.86. The Labute approximate surface area is 252 Å². The van der Waals surface area contributed by atoms with E-state index in [9.17, 15) is 28.8 Å². The first kappa shape index (κ1) is 32.8. The maximum atomic E-state index is 13.3.